The van der Waals surface area contributed by atoms with E-state index in [1.807, 2.05) is 13.8 Å². The Morgan fingerprint density at radius 3 is 2.68 bits per heavy atom. The SMILES string of the molecule is C=CCCOC(=O)[C@@H]1[C@H]2C(=O)N([C@@H](CC)CO)C(C(=O)N(CC=C)c3ccccc3Cl)C23CC[C@@]1(C)S3. The number of benzene rings is 1. The highest BCUT2D eigenvalue weighted by molar-refractivity contribution is 8.02. The number of hydrogen-bond donors (Lipinski definition) is 1. The number of likely N-dealkylation sites (tertiary alicyclic amines) is 1. The zero-order valence-electron chi connectivity index (χ0n) is 21.4. The van der Waals surface area contributed by atoms with Crippen LogP contribution in [0.1, 0.15) is 39.5 Å². The van der Waals surface area contributed by atoms with E-state index >= 15 is 0 Å². The van der Waals surface area contributed by atoms with Gasteiger partial charge in [-0.1, -0.05) is 42.8 Å². The molecule has 4 rings (SSSR count). The summed E-state index contributed by atoms with van der Waals surface area (Å²) in [7, 11) is 0. The largest absolute Gasteiger partial charge is 0.465 e. The molecule has 2 unspecified atom stereocenters. The Hall–Kier alpha value is -2.29. The molecular formula is C28H35ClN2O5S. The summed E-state index contributed by atoms with van der Waals surface area (Å²) in [5, 5.41) is 10.7. The van der Waals surface area contributed by atoms with Gasteiger partial charge >= 0.3 is 5.97 Å². The molecule has 0 aliphatic carbocycles. The molecule has 37 heavy (non-hydrogen) atoms. The number of nitrogens with zero attached hydrogens (tertiary/aromatic N) is 2. The Morgan fingerprint density at radius 2 is 2.05 bits per heavy atom. The van der Waals surface area contributed by atoms with Crippen molar-refractivity contribution in [2.45, 2.75) is 61.1 Å². The average Bonchev–Trinajstić information content (AvgIpc) is 3.45. The summed E-state index contributed by atoms with van der Waals surface area (Å²) in [6, 6.07) is 5.66. The molecule has 200 valence electrons. The van der Waals surface area contributed by atoms with Crippen LogP contribution >= 0.6 is 23.4 Å². The molecule has 0 aromatic heterocycles. The molecule has 9 heteroatoms. The molecule has 1 N–H and O–H groups in total. The van der Waals surface area contributed by atoms with Gasteiger partial charge in [-0.25, -0.2) is 0 Å². The molecule has 3 heterocycles. The van der Waals surface area contributed by atoms with E-state index in [1.54, 1.807) is 58.0 Å². The fraction of sp³-hybridized carbons (Fsp3) is 0.536. The summed E-state index contributed by atoms with van der Waals surface area (Å²) in [6.07, 6.45) is 5.60. The lowest BCUT2D eigenvalue weighted by Crippen LogP contribution is -2.57. The normalized spacial score (nSPS) is 30.6. The minimum atomic E-state index is -0.865. The Balaban J connectivity index is 1.81. The molecule has 7 nitrogen and oxygen atoms in total. The molecule has 6 atom stereocenters. The summed E-state index contributed by atoms with van der Waals surface area (Å²) < 4.78 is 4.25. The number of anilines is 1. The third kappa shape index (κ3) is 4.41. The number of carbonyl (C=O) groups is 3. The Labute approximate surface area is 227 Å². The van der Waals surface area contributed by atoms with Gasteiger partial charge in [-0.3, -0.25) is 14.4 Å². The van der Waals surface area contributed by atoms with Crippen molar-refractivity contribution in [3.05, 3.63) is 54.6 Å². The lowest BCUT2D eigenvalue weighted by atomic mass is 9.66. The first-order chi connectivity index (χ1) is 17.7. The molecule has 2 bridgehead atoms. The van der Waals surface area contributed by atoms with E-state index in [1.165, 1.54) is 0 Å². The maximum atomic E-state index is 14.5. The van der Waals surface area contributed by atoms with E-state index in [9.17, 15) is 19.5 Å². The second kappa shape index (κ2) is 10.8. The minimum absolute atomic E-state index is 0.201. The van der Waals surface area contributed by atoms with Gasteiger partial charge in [-0.05, 0) is 44.7 Å². The van der Waals surface area contributed by atoms with Gasteiger partial charge in [0, 0.05) is 11.3 Å². The van der Waals surface area contributed by atoms with Crippen LogP contribution in [0, 0.1) is 11.8 Å². The van der Waals surface area contributed by atoms with E-state index in [0.29, 0.717) is 36.4 Å². The number of ether oxygens (including phenoxy) is 1. The molecule has 3 saturated heterocycles. The van der Waals surface area contributed by atoms with Crippen LogP contribution in [-0.2, 0) is 19.1 Å². The monoisotopic (exact) mass is 546 g/mol. The topological polar surface area (TPSA) is 87.1 Å². The third-order valence-electron chi connectivity index (χ3n) is 8.07. The van der Waals surface area contributed by atoms with Gasteiger partial charge in [0.1, 0.15) is 6.04 Å². The first-order valence-corrected chi connectivity index (χ1v) is 14.0. The van der Waals surface area contributed by atoms with E-state index in [0.717, 1.165) is 0 Å². The number of aliphatic hydroxyl groups excluding tert-OH is 1. The number of fused-ring (bicyclic) bond motifs is 1. The Kier molecular flexibility index (Phi) is 8.12. The number of halogens is 1. The average molecular weight is 547 g/mol. The van der Waals surface area contributed by atoms with Crippen LogP contribution in [0.4, 0.5) is 5.69 Å². The summed E-state index contributed by atoms with van der Waals surface area (Å²) in [4.78, 5) is 45.2. The summed E-state index contributed by atoms with van der Waals surface area (Å²) in [6.45, 7) is 11.5. The predicted octanol–water partition coefficient (Wildman–Crippen LogP) is 4.23. The van der Waals surface area contributed by atoms with Crippen molar-refractivity contribution >= 4 is 46.8 Å². The fourth-order valence-corrected chi connectivity index (χ4v) is 8.96. The van der Waals surface area contributed by atoms with Gasteiger partial charge in [-0.2, -0.15) is 0 Å². The molecule has 1 spiro atoms. The lowest BCUT2D eigenvalue weighted by molar-refractivity contribution is -0.156. The third-order valence-corrected chi connectivity index (χ3v) is 10.4. The van der Waals surface area contributed by atoms with E-state index in [-0.39, 0.29) is 31.6 Å². The van der Waals surface area contributed by atoms with Crippen molar-refractivity contribution < 1.29 is 24.2 Å². The quantitative estimate of drug-likeness (QED) is 0.254. The van der Waals surface area contributed by atoms with Gasteiger partial charge in [0.2, 0.25) is 5.91 Å². The molecule has 0 radical (unpaired) electrons. The number of amides is 2. The number of thioether (sulfide) groups is 1. The predicted molar refractivity (Wildman–Crippen MR) is 147 cm³/mol. The van der Waals surface area contributed by atoms with Crippen molar-refractivity contribution in [3.63, 3.8) is 0 Å². The van der Waals surface area contributed by atoms with E-state index in [2.05, 4.69) is 13.2 Å². The number of para-hydroxylation sites is 1. The van der Waals surface area contributed by atoms with Gasteiger partial charge in [0.05, 0.1) is 46.5 Å². The zero-order chi connectivity index (χ0) is 27.0. The number of rotatable bonds is 11. The maximum absolute atomic E-state index is 14.5. The zero-order valence-corrected chi connectivity index (χ0v) is 23.0. The fourth-order valence-electron chi connectivity index (χ4n) is 6.39. The van der Waals surface area contributed by atoms with Crippen LogP contribution in [0.3, 0.4) is 0 Å². The number of hydrogen-bond acceptors (Lipinski definition) is 6. The number of carbonyl (C=O) groups excluding carboxylic acids is 3. The molecule has 3 aliphatic rings. The first kappa shape index (κ1) is 27.7. The minimum Gasteiger partial charge on any atom is -0.465 e. The lowest BCUT2D eigenvalue weighted by Gasteiger charge is -2.39. The van der Waals surface area contributed by atoms with Crippen LogP contribution in [0.5, 0.6) is 0 Å². The maximum Gasteiger partial charge on any atom is 0.311 e. The summed E-state index contributed by atoms with van der Waals surface area (Å²) >= 11 is 8.07. The Bertz CT molecular complexity index is 1090. The van der Waals surface area contributed by atoms with Crippen molar-refractivity contribution in [1.82, 2.24) is 4.90 Å². The van der Waals surface area contributed by atoms with Crippen molar-refractivity contribution in [3.8, 4) is 0 Å². The van der Waals surface area contributed by atoms with Gasteiger partial charge < -0.3 is 19.6 Å². The van der Waals surface area contributed by atoms with Crippen LogP contribution in [-0.4, -0.2) is 69.1 Å². The van der Waals surface area contributed by atoms with Crippen LogP contribution in [0.2, 0.25) is 5.02 Å². The molecule has 3 fully saturated rings. The smallest absolute Gasteiger partial charge is 0.311 e. The molecule has 3 aliphatic heterocycles. The molecular weight excluding hydrogens is 512 g/mol. The van der Waals surface area contributed by atoms with Crippen molar-refractivity contribution in [2.24, 2.45) is 11.8 Å². The molecule has 2 amide bonds. The van der Waals surface area contributed by atoms with Crippen LogP contribution < -0.4 is 4.90 Å². The highest BCUT2D eigenvalue weighted by Gasteiger charge is 2.78. The summed E-state index contributed by atoms with van der Waals surface area (Å²) in [5.41, 5.74) is 0.530. The molecule has 1 aromatic rings. The molecule has 0 saturated carbocycles. The van der Waals surface area contributed by atoms with Crippen LogP contribution in [0.15, 0.2) is 49.6 Å². The van der Waals surface area contributed by atoms with E-state index in [4.69, 9.17) is 16.3 Å². The first-order valence-electron chi connectivity index (χ1n) is 12.8. The number of aliphatic hydroxyl groups is 1. The highest BCUT2D eigenvalue weighted by atomic mass is 35.5. The number of esters is 1. The van der Waals surface area contributed by atoms with Gasteiger partial charge in [0.25, 0.3) is 5.91 Å². The van der Waals surface area contributed by atoms with Gasteiger partial charge in [0.15, 0.2) is 0 Å². The molecule has 1 aromatic carbocycles. The van der Waals surface area contributed by atoms with E-state index < -0.39 is 39.4 Å². The standard InChI is InChI=1S/C28H35ClN2O5S/c1-5-8-16-36-26(35)22-21-24(33)31(18(7-3)17-32)23(28(21)14-13-27(22,4)37-28)25(34)30(15-6-2)20-12-10-9-11-19(20)29/h5-6,9-12,18,21-23,32H,1-2,7-8,13-17H2,3-4H3/t18-,21-,22-,23?,27+,28?/m0/s1. The van der Waals surface area contributed by atoms with Crippen molar-refractivity contribution in [2.75, 3.05) is 24.7 Å². The second-order valence-corrected chi connectivity index (χ2v) is 12.5. The van der Waals surface area contributed by atoms with Gasteiger partial charge in [-0.15, -0.1) is 24.9 Å². The summed E-state index contributed by atoms with van der Waals surface area (Å²) in [5.74, 6) is -2.34. The van der Waals surface area contributed by atoms with Crippen molar-refractivity contribution in [1.29, 1.82) is 0 Å². The Morgan fingerprint density at radius 1 is 1.32 bits per heavy atom. The van der Waals surface area contributed by atoms with Crippen LogP contribution in [0.25, 0.3) is 0 Å². The second-order valence-electron chi connectivity index (χ2n) is 10.2. The highest BCUT2D eigenvalue weighted by Crippen LogP contribution is 2.72.